The van der Waals surface area contributed by atoms with Crippen LogP contribution in [0.2, 0.25) is 0 Å². The van der Waals surface area contributed by atoms with Crippen molar-refractivity contribution in [3.05, 3.63) is 53.9 Å². The third-order valence-corrected chi connectivity index (χ3v) is 2.46. The summed E-state index contributed by atoms with van der Waals surface area (Å²) >= 11 is 0. The maximum atomic E-state index is 11.9. The van der Waals surface area contributed by atoms with E-state index in [1.54, 1.807) is 0 Å². The van der Waals surface area contributed by atoms with Crippen LogP contribution >= 0.6 is 0 Å². The van der Waals surface area contributed by atoms with Crippen LogP contribution in [0, 0.1) is 0 Å². The predicted molar refractivity (Wildman–Crippen MR) is 69.0 cm³/mol. The fourth-order valence-corrected chi connectivity index (χ4v) is 1.51. The Labute approximate surface area is 114 Å². The van der Waals surface area contributed by atoms with Gasteiger partial charge in [0, 0.05) is 18.5 Å². The smallest absolute Gasteiger partial charge is 0.343 e. The number of pyridine rings is 1. The third-order valence-electron chi connectivity index (χ3n) is 2.46. The van der Waals surface area contributed by atoms with Gasteiger partial charge in [0.25, 0.3) is 5.91 Å². The van der Waals surface area contributed by atoms with Crippen molar-refractivity contribution in [3.8, 4) is 11.5 Å². The van der Waals surface area contributed by atoms with Crippen LogP contribution in [0.4, 0.5) is 0 Å². The Morgan fingerprint density at radius 3 is 2.55 bits per heavy atom. The maximum absolute atomic E-state index is 11.9. The van der Waals surface area contributed by atoms with Gasteiger partial charge in [-0.15, -0.1) is 0 Å². The number of rotatable bonds is 3. The van der Waals surface area contributed by atoms with E-state index in [2.05, 4.69) is 4.98 Å². The molecule has 1 aromatic carbocycles. The summed E-state index contributed by atoms with van der Waals surface area (Å²) in [7, 11) is 0. The maximum Gasteiger partial charge on any atom is 0.343 e. The van der Waals surface area contributed by atoms with E-state index in [-0.39, 0.29) is 22.6 Å². The first-order valence-corrected chi connectivity index (χ1v) is 5.58. The fraction of sp³-hybridized carbons (Fsp3) is 0. The average Bonchev–Trinajstić information content (AvgIpc) is 2.47. The number of benzene rings is 1. The molecule has 4 N–H and O–H groups in total. The van der Waals surface area contributed by atoms with Crippen LogP contribution in [0.5, 0.6) is 11.5 Å². The van der Waals surface area contributed by atoms with Gasteiger partial charge in [0.05, 0.1) is 11.1 Å². The molecular weight excluding hydrogens is 262 g/mol. The van der Waals surface area contributed by atoms with Crippen molar-refractivity contribution in [3.63, 3.8) is 0 Å². The van der Waals surface area contributed by atoms with Gasteiger partial charge in [0.1, 0.15) is 11.5 Å². The normalized spacial score (nSPS) is 9.85. The van der Waals surface area contributed by atoms with Crippen LogP contribution in [0.15, 0.2) is 42.7 Å². The van der Waals surface area contributed by atoms with E-state index in [4.69, 9.17) is 10.6 Å². The summed E-state index contributed by atoms with van der Waals surface area (Å²) in [6.45, 7) is 0. The first kappa shape index (κ1) is 13.5. The number of nitrogens with two attached hydrogens (primary N) is 1. The molecule has 1 heterocycles. The number of esters is 1. The summed E-state index contributed by atoms with van der Waals surface area (Å²) in [5, 5.41) is 9.41. The predicted octanol–water partition coefficient (Wildman–Crippen LogP) is 0.610. The molecule has 0 aliphatic rings. The van der Waals surface area contributed by atoms with Crippen LogP contribution in [0.1, 0.15) is 20.7 Å². The molecule has 0 spiro atoms. The molecule has 7 heteroatoms. The first-order valence-electron chi connectivity index (χ1n) is 5.58. The Balaban J connectivity index is 2.31. The van der Waals surface area contributed by atoms with Crippen molar-refractivity contribution in [2.75, 3.05) is 0 Å². The van der Waals surface area contributed by atoms with E-state index in [0.717, 1.165) is 6.07 Å². The van der Waals surface area contributed by atoms with Gasteiger partial charge in [0.2, 0.25) is 0 Å². The highest BCUT2D eigenvalue weighted by molar-refractivity contribution is 5.99. The lowest BCUT2D eigenvalue weighted by atomic mass is 10.2. The zero-order valence-corrected chi connectivity index (χ0v) is 10.2. The molecule has 0 aliphatic heterocycles. The molecule has 20 heavy (non-hydrogen) atoms. The second-order valence-corrected chi connectivity index (χ2v) is 3.78. The fourth-order valence-electron chi connectivity index (χ4n) is 1.51. The lowest BCUT2D eigenvalue weighted by Gasteiger charge is -2.09. The minimum atomic E-state index is -0.677. The summed E-state index contributed by atoms with van der Waals surface area (Å²) in [6, 6.07) is 6.67. The van der Waals surface area contributed by atoms with Crippen molar-refractivity contribution < 1.29 is 19.4 Å². The lowest BCUT2D eigenvalue weighted by molar-refractivity contribution is 0.0731. The minimum absolute atomic E-state index is 0.0349. The van der Waals surface area contributed by atoms with E-state index in [0.29, 0.717) is 0 Å². The molecule has 102 valence electrons. The molecule has 1 aromatic heterocycles. The molecule has 2 rings (SSSR count). The van der Waals surface area contributed by atoms with Gasteiger partial charge in [-0.25, -0.2) is 10.6 Å². The number of aromatic nitrogens is 1. The summed E-state index contributed by atoms with van der Waals surface area (Å²) < 4.78 is 5.09. The zero-order chi connectivity index (χ0) is 14.5. The molecule has 0 aliphatic carbocycles. The molecule has 0 unspecified atom stereocenters. The summed E-state index contributed by atoms with van der Waals surface area (Å²) in [6.07, 6.45) is 2.87. The van der Waals surface area contributed by atoms with Gasteiger partial charge in [-0.3, -0.25) is 15.2 Å². The number of amides is 1. The number of carbonyl (C=O) groups is 2. The molecule has 0 saturated heterocycles. The third kappa shape index (κ3) is 2.90. The molecule has 0 fully saturated rings. The second kappa shape index (κ2) is 5.81. The standard InChI is InChI=1S/C13H11N3O4/c14-16-12(18)10-2-1-9(17)7-11(10)20-13(19)8-3-5-15-6-4-8/h1-7,17H,14H2,(H,16,18). The SMILES string of the molecule is NNC(=O)c1ccc(O)cc1OC(=O)c1ccncc1. The van der Waals surface area contributed by atoms with Crippen molar-refractivity contribution in [1.82, 2.24) is 10.4 Å². The highest BCUT2D eigenvalue weighted by Gasteiger charge is 2.16. The highest BCUT2D eigenvalue weighted by atomic mass is 16.5. The van der Waals surface area contributed by atoms with E-state index in [9.17, 15) is 14.7 Å². The van der Waals surface area contributed by atoms with Crippen molar-refractivity contribution in [2.24, 2.45) is 5.84 Å². The Bertz CT molecular complexity index is 643. The number of ether oxygens (including phenoxy) is 1. The van der Waals surface area contributed by atoms with Gasteiger partial charge in [-0.05, 0) is 24.3 Å². The number of nitrogens with one attached hydrogen (secondary N) is 1. The number of phenolic OH excluding ortho intramolecular Hbond substituents is 1. The van der Waals surface area contributed by atoms with E-state index in [1.807, 2.05) is 5.43 Å². The van der Waals surface area contributed by atoms with Gasteiger partial charge in [-0.1, -0.05) is 0 Å². The van der Waals surface area contributed by atoms with E-state index < -0.39 is 11.9 Å². The monoisotopic (exact) mass is 273 g/mol. The van der Waals surface area contributed by atoms with Crippen LogP contribution in [0.3, 0.4) is 0 Å². The average molecular weight is 273 g/mol. The molecule has 1 amide bonds. The van der Waals surface area contributed by atoms with Crippen LogP contribution in [-0.4, -0.2) is 22.0 Å². The molecule has 2 aromatic rings. The zero-order valence-electron chi connectivity index (χ0n) is 10.2. The molecular formula is C13H11N3O4. The van der Waals surface area contributed by atoms with Crippen LogP contribution < -0.4 is 16.0 Å². The van der Waals surface area contributed by atoms with Crippen LogP contribution in [0.25, 0.3) is 0 Å². The first-order chi connectivity index (χ1) is 9.61. The summed E-state index contributed by atoms with van der Waals surface area (Å²) in [5.74, 6) is 3.50. The van der Waals surface area contributed by atoms with E-state index in [1.165, 1.54) is 36.7 Å². The van der Waals surface area contributed by atoms with Crippen molar-refractivity contribution in [2.45, 2.75) is 0 Å². The van der Waals surface area contributed by atoms with Gasteiger partial charge in [-0.2, -0.15) is 0 Å². The largest absolute Gasteiger partial charge is 0.508 e. The Kier molecular flexibility index (Phi) is 3.92. The Hall–Kier alpha value is -2.93. The number of nitrogens with zero attached hydrogens (tertiary/aromatic N) is 1. The van der Waals surface area contributed by atoms with Gasteiger partial charge >= 0.3 is 5.97 Å². The number of hydrogen-bond donors (Lipinski definition) is 3. The molecule has 0 bridgehead atoms. The van der Waals surface area contributed by atoms with Crippen LogP contribution in [-0.2, 0) is 0 Å². The van der Waals surface area contributed by atoms with E-state index >= 15 is 0 Å². The molecule has 0 atom stereocenters. The number of nitrogen functional groups attached to an aromatic ring is 1. The van der Waals surface area contributed by atoms with Crippen molar-refractivity contribution >= 4 is 11.9 Å². The number of carbonyl (C=O) groups excluding carboxylic acids is 2. The van der Waals surface area contributed by atoms with Gasteiger partial charge in [0.15, 0.2) is 0 Å². The van der Waals surface area contributed by atoms with Gasteiger partial charge < -0.3 is 9.84 Å². The summed E-state index contributed by atoms with van der Waals surface area (Å²) in [4.78, 5) is 27.2. The number of hydrazine groups is 1. The summed E-state index contributed by atoms with van der Waals surface area (Å²) in [5.41, 5.74) is 2.23. The Morgan fingerprint density at radius 1 is 1.20 bits per heavy atom. The molecule has 0 saturated carbocycles. The quantitative estimate of drug-likeness (QED) is 0.248. The highest BCUT2D eigenvalue weighted by Crippen LogP contribution is 2.24. The number of aromatic hydroxyl groups is 1. The number of phenols is 1. The molecule has 0 radical (unpaired) electrons. The topological polar surface area (TPSA) is 115 Å². The lowest BCUT2D eigenvalue weighted by Crippen LogP contribution is -2.30. The molecule has 7 nitrogen and oxygen atoms in total. The Morgan fingerprint density at radius 2 is 1.90 bits per heavy atom. The number of hydrogen-bond acceptors (Lipinski definition) is 6. The second-order valence-electron chi connectivity index (χ2n) is 3.78. The van der Waals surface area contributed by atoms with Crippen molar-refractivity contribution in [1.29, 1.82) is 0 Å². The minimum Gasteiger partial charge on any atom is -0.508 e.